The molecule has 0 aromatic heterocycles. The van der Waals surface area contributed by atoms with E-state index in [0.717, 1.165) is 0 Å². The molecule has 0 fully saturated rings. The molecule has 0 aliphatic heterocycles. The first-order valence-corrected chi connectivity index (χ1v) is 6.19. The number of hydrogen-bond donors (Lipinski definition) is 3. The summed E-state index contributed by atoms with van der Waals surface area (Å²) < 4.78 is 0. The molecule has 0 bridgehead atoms. The smallest absolute Gasteiger partial charge is 0.336 e. The van der Waals surface area contributed by atoms with Gasteiger partial charge in [0.2, 0.25) is 0 Å². The minimum atomic E-state index is -1.01. The Balaban J connectivity index is 2.74. The Labute approximate surface area is 112 Å². The van der Waals surface area contributed by atoms with Crippen molar-refractivity contribution in [1.29, 1.82) is 0 Å². The topological polar surface area (TPSA) is 86.6 Å². The van der Waals surface area contributed by atoms with Gasteiger partial charge in [0.25, 0.3) is 0 Å². The van der Waals surface area contributed by atoms with Crippen LogP contribution in [-0.4, -0.2) is 28.2 Å². The van der Waals surface area contributed by atoms with Crippen molar-refractivity contribution < 1.29 is 19.8 Å². The summed E-state index contributed by atoms with van der Waals surface area (Å²) in [7, 11) is 0. The summed E-state index contributed by atoms with van der Waals surface area (Å²) in [6.07, 6.45) is 0.505. The molecule has 0 saturated heterocycles. The molecule has 5 heteroatoms. The van der Waals surface area contributed by atoms with Gasteiger partial charge in [-0.2, -0.15) is 0 Å². The molecule has 1 atom stereocenters. The fourth-order valence-corrected chi connectivity index (χ4v) is 1.86. The van der Waals surface area contributed by atoms with Crippen LogP contribution in [0.15, 0.2) is 24.3 Å². The quantitative estimate of drug-likeness (QED) is 0.701. The molecule has 1 aromatic carbocycles. The van der Waals surface area contributed by atoms with Gasteiger partial charge in [0, 0.05) is 6.54 Å². The molecule has 0 unspecified atom stereocenters. The maximum Gasteiger partial charge on any atom is 0.336 e. The summed E-state index contributed by atoms with van der Waals surface area (Å²) in [5.41, 5.74) is 0.786. The Morgan fingerprint density at radius 2 is 1.84 bits per heavy atom. The van der Waals surface area contributed by atoms with Crippen molar-refractivity contribution in [3.63, 3.8) is 0 Å². The molecule has 0 radical (unpaired) electrons. The first kappa shape index (κ1) is 15.2. The van der Waals surface area contributed by atoms with E-state index in [1.807, 2.05) is 13.8 Å². The van der Waals surface area contributed by atoms with Gasteiger partial charge in [-0.1, -0.05) is 32.0 Å². The number of aliphatic carboxylic acids is 1. The van der Waals surface area contributed by atoms with E-state index in [4.69, 9.17) is 10.2 Å². The summed E-state index contributed by atoms with van der Waals surface area (Å²) in [5.74, 6) is -1.67. The lowest BCUT2D eigenvalue weighted by molar-refractivity contribution is -0.140. The van der Waals surface area contributed by atoms with Crippen LogP contribution < -0.4 is 5.32 Å². The fraction of sp³-hybridized carbons (Fsp3) is 0.429. The molecule has 0 aliphatic carbocycles. The number of hydrogen-bond acceptors (Lipinski definition) is 3. The molecule has 3 N–H and O–H groups in total. The van der Waals surface area contributed by atoms with E-state index in [1.165, 1.54) is 6.07 Å². The molecule has 0 heterocycles. The first-order chi connectivity index (χ1) is 8.91. The minimum Gasteiger partial charge on any atom is -0.480 e. The molecule has 19 heavy (non-hydrogen) atoms. The van der Waals surface area contributed by atoms with Gasteiger partial charge in [0.05, 0.1) is 5.56 Å². The van der Waals surface area contributed by atoms with Crippen molar-refractivity contribution in [1.82, 2.24) is 5.32 Å². The van der Waals surface area contributed by atoms with Gasteiger partial charge in [-0.15, -0.1) is 0 Å². The third kappa shape index (κ3) is 4.71. The summed E-state index contributed by atoms with van der Waals surface area (Å²) in [5, 5.41) is 21.0. The number of aromatic carboxylic acids is 1. The van der Waals surface area contributed by atoms with E-state index in [2.05, 4.69) is 5.32 Å². The second-order valence-corrected chi connectivity index (χ2v) is 4.86. The first-order valence-electron chi connectivity index (χ1n) is 6.19. The predicted octanol–water partition coefficient (Wildman–Crippen LogP) is 1.97. The molecule has 0 spiro atoms. The van der Waals surface area contributed by atoms with Gasteiger partial charge >= 0.3 is 11.9 Å². The van der Waals surface area contributed by atoms with E-state index in [0.29, 0.717) is 12.0 Å². The Bertz CT molecular complexity index is 457. The molecule has 1 rings (SSSR count). The van der Waals surface area contributed by atoms with E-state index in [1.54, 1.807) is 18.2 Å². The summed E-state index contributed by atoms with van der Waals surface area (Å²) >= 11 is 0. The Hall–Kier alpha value is -1.88. The monoisotopic (exact) mass is 265 g/mol. The summed E-state index contributed by atoms with van der Waals surface area (Å²) in [6, 6.07) is 5.92. The van der Waals surface area contributed by atoms with Gasteiger partial charge in [-0.05, 0) is 24.0 Å². The third-order valence-corrected chi connectivity index (χ3v) is 2.79. The van der Waals surface area contributed by atoms with Crippen molar-refractivity contribution in [3.05, 3.63) is 35.4 Å². The van der Waals surface area contributed by atoms with Crippen molar-refractivity contribution in [2.75, 3.05) is 0 Å². The Morgan fingerprint density at radius 1 is 1.21 bits per heavy atom. The highest BCUT2D eigenvalue weighted by Crippen LogP contribution is 2.10. The van der Waals surface area contributed by atoms with Gasteiger partial charge in [-0.25, -0.2) is 4.79 Å². The Kier molecular flexibility index (Phi) is 5.51. The van der Waals surface area contributed by atoms with Crippen LogP contribution in [0.25, 0.3) is 0 Å². The zero-order chi connectivity index (χ0) is 14.4. The van der Waals surface area contributed by atoms with Crippen LogP contribution in [0, 0.1) is 5.92 Å². The van der Waals surface area contributed by atoms with Crippen LogP contribution >= 0.6 is 0 Å². The van der Waals surface area contributed by atoms with E-state index in [9.17, 15) is 9.59 Å². The van der Waals surface area contributed by atoms with Gasteiger partial charge in [0.1, 0.15) is 6.04 Å². The van der Waals surface area contributed by atoms with Crippen molar-refractivity contribution in [2.24, 2.45) is 5.92 Å². The number of nitrogens with one attached hydrogen (secondary N) is 1. The number of carboxylic acid groups (broad SMARTS) is 2. The maximum atomic E-state index is 11.1. The molecule has 0 amide bonds. The number of carboxylic acids is 2. The van der Waals surface area contributed by atoms with Gasteiger partial charge in [0.15, 0.2) is 0 Å². The second-order valence-electron chi connectivity index (χ2n) is 4.86. The van der Waals surface area contributed by atoms with Crippen LogP contribution in [0.5, 0.6) is 0 Å². The molecule has 104 valence electrons. The maximum absolute atomic E-state index is 11.1. The van der Waals surface area contributed by atoms with Crippen LogP contribution in [0.1, 0.15) is 36.2 Å². The number of carbonyl (C=O) groups is 2. The van der Waals surface area contributed by atoms with Crippen molar-refractivity contribution in [3.8, 4) is 0 Å². The van der Waals surface area contributed by atoms with Crippen LogP contribution in [0.2, 0.25) is 0 Å². The highest BCUT2D eigenvalue weighted by Gasteiger charge is 2.19. The molecule has 0 saturated carbocycles. The standard InChI is InChI=1S/C14H19NO4/c1-9(2)7-12(14(18)19)15-8-10-5-3-4-6-11(10)13(16)17/h3-6,9,12,15H,7-8H2,1-2H3,(H,16,17)(H,18,19)/t12-/m0/s1. The van der Waals surface area contributed by atoms with Gasteiger partial charge in [-0.3, -0.25) is 4.79 Å². The largest absolute Gasteiger partial charge is 0.480 e. The van der Waals surface area contributed by atoms with Crippen LogP contribution in [0.3, 0.4) is 0 Å². The van der Waals surface area contributed by atoms with Crippen LogP contribution in [-0.2, 0) is 11.3 Å². The lowest BCUT2D eigenvalue weighted by atomic mass is 10.0. The summed E-state index contributed by atoms with van der Waals surface area (Å²) in [6.45, 7) is 4.12. The predicted molar refractivity (Wildman–Crippen MR) is 71.1 cm³/mol. The van der Waals surface area contributed by atoms with E-state index < -0.39 is 18.0 Å². The summed E-state index contributed by atoms with van der Waals surface area (Å²) in [4.78, 5) is 22.1. The van der Waals surface area contributed by atoms with Crippen LogP contribution in [0.4, 0.5) is 0 Å². The molecular weight excluding hydrogens is 246 g/mol. The van der Waals surface area contributed by atoms with Gasteiger partial charge < -0.3 is 15.5 Å². The SMILES string of the molecule is CC(C)C[C@H](NCc1ccccc1C(=O)O)C(=O)O. The zero-order valence-electron chi connectivity index (χ0n) is 11.1. The molecular formula is C14H19NO4. The minimum absolute atomic E-state index is 0.198. The highest BCUT2D eigenvalue weighted by molar-refractivity contribution is 5.89. The lowest BCUT2D eigenvalue weighted by Gasteiger charge is -2.17. The average Bonchev–Trinajstić information content (AvgIpc) is 2.34. The molecule has 0 aliphatic rings. The average molecular weight is 265 g/mol. The molecule has 5 nitrogen and oxygen atoms in total. The van der Waals surface area contributed by atoms with E-state index >= 15 is 0 Å². The van der Waals surface area contributed by atoms with E-state index in [-0.39, 0.29) is 18.0 Å². The normalized spacial score (nSPS) is 12.4. The number of rotatable bonds is 7. The lowest BCUT2D eigenvalue weighted by Crippen LogP contribution is -2.37. The number of benzene rings is 1. The third-order valence-electron chi connectivity index (χ3n) is 2.79. The second kappa shape index (κ2) is 6.89. The van der Waals surface area contributed by atoms with Crippen molar-refractivity contribution >= 4 is 11.9 Å². The molecule has 1 aromatic rings. The fourth-order valence-electron chi connectivity index (χ4n) is 1.86. The highest BCUT2D eigenvalue weighted by atomic mass is 16.4. The zero-order valence-corrected chi connectivity index (χ0v) is 11.1. The van der Waals surface area contributed by atoms with Crippen molar-refractivity contribution in [2.45, 2.75) is 32.9 Å². The Morgan fingerprint density at radius 3 is 2.37 bits per heavy atom.